The zero-order valence-corrected chi connectivity index (χ0v) is 45.0. The molecule has 7 atom stereocenters. The number of aryl methyl sites for hydroxylation is 3. The van der Waals surface area contributed by atoms with Crippen LogP contribution >= 0.6 is 11.8 Å². The minimum atomic E-state index is -1.29. The standard InChI is InChI=1S/C54H67N5O14S/c1-14-34-26(3)38-22-40-28(5)36(17-18-45(64)59(11)19-16-20-74-54-52(72-33(10)63)51(71-32(9)62)50(70-31(8)61)44(73-54)25-69-30(7)60)48(57-40)37(21-46(65)67-12)49-47(53(66)68-13)29(6)41(58-49)24-43-35(15-2)27(4)39(56-43)23-42(34)55-38/h14,22-24,28,36,44,50-52,54-56H,1,15-21,25H2,2-13H3/t28-,36-,44+,50+,51-,52+,54-/m0/s1. The van der Waals surface area contributed by atoms with Gasteiger partial charge in [-0.2, -0.15) is 0 Å². The van der Waals surface area contributed by atoms with E-state index in [4.69, 9.17) is 43.1 Å². The van der Waals surface area contributed by atoms with Crippen LogP contribution in [0, 0.1) is 13.8 Å². The number of amides is 1. The molecule has 0 radical (unpaired) electrons. The Morgan fingerprint density at radius 1 is 0.811 bits per heavy atom. The minimum Gasteiger partial charge on any atom is -0.469 e. The Hall–Kier alpha value is -6.80. The summed E-state index contributed by atoms with van der Waals surface area (Å²) in [7, 11) is 4.28. The summed E-state index contributed by atoms with van der Waals surface area (Å²) < 4.78 is 38.7. The highest BCUT2D eigenvalue weighted by Gasteiger charge is 2.52. The van der Waals surface area contributed by atoms with E-state index >= 15 is 0 Å². The van der Waals surface area contributed by atoms with Crippen molar-refractivity contribution in [3.8, 4) is 0 Å². The van der Waals surface area contributed by atoms with Gasteiger partial charge in [0.25, 0.3) is 0 Å². The first kappa shape index (κ1) is 56.5. The zero-order valence-electron chi connectivity index (χ0n) is 44.2. The van der Waals surface area contributed by atoms with Gasteiger partial charge in [-0.15, -0.1) is 11.8 Å². The number of aromatic nitrogens is 4. The highest BCUT2D eigenvalue weighted by atomic mass is 32.2. The Bertz CT molecular complexity index is 2920. The first-order valence-electron chi connectivity index (χ1n) is 24.5. The normalized spacial score (nSPS) is 20.3. The molecule has 1 amide bonds. The average Bonchev–Trinajstić information content (AvgIpc) is 4.03. The molecule has 2 N–H and O–H groups in total. The lowest BCUT2D eigenvalue weighted by Crippen LogP contribution is -2.61. The molecule has 6 heterocycles. The Kier molecular flexibility index (Phi) is 18.7. The average molecular weight is 1040 g/mol. The monoisotopic (exact) mass is 1040 g/mol. The molecule has 3 aliphatic heterocycles. The first-order chi connectivity index (χ1) is 35.1. The number of methoxy groups -OCH3 is 2. The van der Waals surface area contributed by atoms with Gasteiger partial charge in [-0.1, -0.05) is 26.5 Å². The number of hydrogen-bond donors (Lipinski definition) is 2. The van der Waals surface area contributed by atoms with Crippen LogP contribution in [0.25, 0.3) is 39.3 Å². The lowest BCUT2D eigenvalue weighted by atomic mass is 9.84. The molecule has 0 spiro atoms. The maximum atomic E-state index is 14.1. The number of aromatic amines is 2. The number of carbonyl (C=O) groups is 7. The molecule has 74 heavy (non-hydrogen) atoms. The fraction of sp³-hybridized carbons (Fsp3) is 0.500. The molecule has 0 aliphatic carbocycles. The summed E-state index contributed by atoms with van der Waals surface area (Å²) in [6.07, 6.45) is -1.76. The molecule has 0 aromatic carbocycles. The van der Waals surface area contributed by atoms with Gasteiger partial charge in [-0.05, 0) is 86.2 Å². The van der Waals surface area contributed by atoms with Crippen LogP contribution in [0.5, 0.6) is 0 Å². The van der Waals surface area contributed by atoms with Gasteiger partial charge in [-0.3, -0.25) is 33.8 Å². The van der Waals surface area contributed by atoms with E-state index in [9.17, 15) is 33.6 Å². The van der Waals surface area contributed by atoms with Gasteiger partial charge in [0.15, 0.2) is 18.3 Å². The van der Waals surface area contributed by atoms with Crippen LogP contribution in [0.3, 0.4) is 0 Å². The van der Waals surface area contributed by atoms with E-state index in [2.05, 4.69) is 36.5 Å². The molecule has 8 bridgehead atoms. The van der Waals surface area contributed by atoms with E-state index in [1.54, 1.807) is 18.9 Å². The number of allylic oxidation sites excluding steroid dienone is 1. The minimum absolute atomic E-state index is 0.0852. The number of esters is 6. The lowest BCUT2D eigenvalue weighted by molar-refractivity contribution is -0.237. The van der Waals surface area contributed by atoms with E-state index in [1.807, 2.05) is 32.1 Å². The van der Waals surface area contributed by atoms with E-state index in [1.165, 1.54) is 39.8 Å². The second-order valence-electron chi connectivity index (χ2n) is 18.6. The molecule has 1 fully saturated rings. The highest BCUT2D eigenvalue weighted by molar-refractivity contribution is 7.99. The Labute approximate surface area is 434 Å². The Morgan fingerprint density at radius 2 is 1.46 bits per heavy atom. The topological polar surface area (TPSA) is 245 Å². The van der Waals surface area contributed by atoms with Crippen LogP contribution < -0.4 is 0 Å². The van der Waals surface area contributed by atoms with Crippen molar-refractivity contribution in [1.29, 1.82) is 0 Å². The van der Waals surface area contributed by atoms with Gasteiger partial charge in [0, 0.05) is 98.4 Å². The molecule has 0 saturated carbocycles. The van der Waals surface area contributed by atoms with E-state index in [-0.39, 0.29) is 42.5 Å². The van der Waals surface area contributed by atoms with E-state index in [0.717, 1.165) is 58.2 Å². The molecule has 3 aromatic rings. The van der Waals surface area contributed by atoms with Crippen molar-refractivity contribution in [2.24, 2.45) is 0 Å². The number of nitrogens with zero attached hydrogens (tertiary/aromatic N) is 3. The molecule has 3 aliphatic rings. The van der Waals surface area contributed by atoms with Crippen molar-refractivity contribution < 1.29 is 66.7 Å². The molecule has 20 heteroatoms. The number of rotatable bonds is 18. The second-order valence-corrected chi connectivity index (χ2v) is 19.8. The molecule has 1 saturated heterocycles. The SMILES string of the molecule is C=Cc1c(C)c2cc3nc(c(CC(=O)OC)c4nc(cc5[nH]c(cc1[nH]2)c(C)c5CC)C(C)=C4C(=O)OC)[C@@H](CCC(=O)N(C)CCCS[C@@H]1O[C@H](COC(C)=O)[C@@H](OC(C)=O)[C@H](OC(C)=O)[C@H]1OC(C)=O)[C@@H]3C. The van der Waals surface area contributed by atoms with Crippen molar-refractivity contribution in [2.45, 2.75) is 136 Å². The largest absolute Gasteiger partial charge is 0.469 e. The number of hydrogen-bond acceptors (Lipinski definition) is 17. The summed E-state index contributed by atoms with van der Waals surface area (Å²) in [5.41, 5.74) is 9.49. The predicted molar refractivity (Wildman–Crippen MR) is 277 cm³/mol. The zero-order chi connectivity index (χ0) is 54.3. The molecule has 3 aromatic heterocycles. The third kappa shape index (κ3) is 12.6. The van der Waals surface area contributed by atoms with Crippen molar-refractivity contribution in [2.75, 3.05) is 40.2 Å². The molecule has 0 unspecified atom stereocenters. The van der Waals surface area contributed by atoms with Gasteiger partial charge < -0.3 is 48.0 Å². The number of H-pyrrole nitrogens is 2. The van der Waals surface area contributed by atoms with E-state index < -0.39 is 71.6 Å². The van der Waals surface area contributed by atoms with Crippen LogP contribution in [0.2, 0.25) is 0 Å². The van der Waals surface area contributed by atoms with Crippen LogP contribution in [0.1, 0.15) is 130 Å². The third-order valence-corrected chi connectivity index (χ3v) is 14.9. The number of carbonyl (C=O) groups excluding carboxylic acids is 7. The smallest absolute Gasteiger partial charge is 0.340 e. The van der Waals surface area contributed by atoms with Crippen LogP contribution in [0.4, 0.5) is 0 Å². The van der Waals surface area contributed by atoms with Gasteiger partial charge in [0.2, 0.25) is 5.91 Å². The predicted octanol–water partition coefficient (Wildman–Crippen LogP) is 7.29. The number of thioether (sulfide) groups is 1. The third-order valence-electron chi connectivity index (χ3n) is 13.6. The molecule has 6 rings (SSSR count). The number of fused-ring (bicyclic) bond motifs is 8. The van der Waals surface area contributed by atoms with Crippen LogP contribution in [-0.2, 0) is 79.6 Å². The molecule has 398 valence electrons. The van der Waals surface area contributed by atoms with Gasteiger partial charge in [-0.25, -0.2) is 9.78 Å². The van der Waals surface area contributed by atoms with Crippen molar-refractivity contribution in [1.82, 2.24) is 24.8 Å². The maximum absolute atomic E-state index is 14.1. The van der Waals surface area contributed by atoms with Crippen LogP contribution in [0.15, 0.2) is 24.8 Å². The Morgan fingerprint density at radius 3 is 2.08 bits per heavy atom. The van der Waals surface area contributed by atoms with Crippen molar-refractivity contribution in [3.63, 3.8) is 0 Å². The summed E-state index contributed by atoms with van der Waals surface area (Å²) in [5.74, 6) is -4.50. The van der Waals surface area contributed by atoms with Crippen molar-refractivity contribution >= 4 is 92.8 Å². The van der Waals surface area contributed by atoms with Gasteiger partial charge >= 0.3 is 35.8 Å². The molecule has 19 nitrogen and oxygen atoms in total. The summed E-state index contributed by atoms with van der Waals surface area (Å²) >= 11 is 1.23. The number of ether oxygens (including phenoxy) is 7. The van der Waals surface area contributed by atoms with Gasteiger partial charge in [0.05, 0.1) is 43.3 Å². The lowest BCUT2D eigenvalue weighted by Gasteiger charge is -2.44. The molecular formula is C54H67N5O14S. The summed E-state index contributed by atoms with van der Waals surface area (Å²) in [6.45, 7) is 18.8. The highest BCUT2D eigenvalue weighted by Crippen LogP contribution is 2.44. The number of nitrogens with one attached hydrogen (secondary N) is 2. The first-order valence-corrected chi connectivity index (χ1v) is 25.6. The molecular weight excluding hydrogens is 975 g/mol. The summed E-state index contributed by atoms with van der Waals surface area (Å²) in [6, 6.07) is 5.96. The fourth-order valence-corrected chi connectivity index (χ4v) is 11.0. The fourth-order valence-electron chi connectivity index (χ4n) is 9.82. The van der Waals surface area contributed by atoms with Gasteiger partial charge in [0.1, 0.15) is 18.1 Å². The van der Waals surface area contributed by atoms with Crippen molar-refractivity contribution in [3.05, 3.63) is 75.4 Å². The maximum Gasteiger partial charge on any atom is 0.340 e. The Balaban J connectivity index is 1.34. The quantitative estimate of drug-likeness (QED) is 0.0721. The van der Waals surface area contributed by atoms with Crippen LogP contribution in [-0.4, -0.2) is 137 Å². The summed E-state index contributed by atoms with van der Waals surface area (Å²) in [4.78, 5) is 109. The second kappa shape index (κ2) is 24.5. The summed E-state index contributed by atoms with van der Waals surface area (Å²) in [5, 5.41) is 0. The van der Waals surface area contributed by atoms with E-state index in [0.29, 0.717) is 59.8 Å².